The van der Waals surface area contributed by atoms with Crippen molar-refractivity contribution in [3.63, 3.8) is 0 Å². The summed E-state index contributed by atoms with van der Waals surface area (Å²) in [5.41, 5.74) is 0. The molecule has 0 bridgehead atoms. The zero-order valence-corrected chi connectivity index (χ0v) is 65.9. The molecule has 109 heavy (non-hydrogen) atoms. The number of para-hydroxylation sites is 12. The van der Waals surface area contributed by atoms with Crippen LogP contribution in [0.5, 0.6) is 69.0 Å². The van der Waals surface area contributed by atoms with Crippen LogP contribution in [0.3, 0.4) is 0 Å². The fourth-order valence-corrected chi connectivity index (χ4v) is 11.3. The van der Waals surface area contributed by atoms with Gasteiger partial charge in [0.15, 0.2) is 69.0 Å². The third-order valence-corrected chi connectivity index (χ3v) is 16.5. The molecule has 27 heteroatoms. The van der Waals surface area contributed by atoms with Crippen molar-refractivity contribution in [1.82, 2.24) is 0 Å². The summed E-state index contributed by atoms with van der Waals surface area (Å²) < 4.78 is 130. The van der Waals surface area contributed by atoms with E-state index in [-0.39, 0.29) is 50.3 Å². The Bertz CT molecular complexity index is 3360. The molecule has 0 unspecified atom stereocenters. The van der Waals surface area contributed by atoms with Crippen LogP contribution in [0.1, 0.15) is 0 Å². The van der Waals surface area contributed by atoms with Gasteiger partial charge in [-0.05, 0) is 210 Å². The molecule has 2 aliphatic carbocycles. The van der Waals surface area contributed by atoms with E-state index in [4.69, 9.17) is 54.3 Å². The van der Waals surface area contributed by atoms with Gasteiger partial charge in [0.25, 0.3) is 0 Å². The second-order valence-electron chi connectivity index (χ2n) is 20.1. The molecule has 14 rings (SSSR count). The predicted molar refractivity (Wildman–Crippen MR) is 413 cm³/mol. The van der Waals surface area contributed by atoms with E-state index < -0.39 is 49.5 Å². The van der Waals surface area contributed by atoms with E-state index in [0.717, 1.165) is 0 Å². The first-order valence-corrected chi connectivity index (χ1v) is 38.6. The zero-order valence-electron chi connectivity index (χ0n) is 57.4. The molecule has 0 atom stereocenters. The summed E-state index contributed by atoms with van der Waals surface area (Å²) in [6.07, 6.45) is 20.0. The number of hydrogen-bond acceptors (Lipinski definition) is 18. The molecule has 13 radical (unpaired) electrons. The Morgan fingerprint density at radius 2 is 0.183 bits per heavy atom. The predicted octanol–water partition coefficient (Wildman–Crippen LogP) is 24.8. The van der Waals surface area contributed by atoms with Crippen molar-refractivity contribution in [1.29, 1.82) is 0 Å². The molecule has 0 spiro atoms. The summed E-state index contributed by atoms with van der Waals surface area (Å²) in [7, 11) is -13.1. The van der Waals surface area contributed by atoms with Crippen molar-refractivity contribution in [2.45, 2.75) is 0 Å². The maximum atomic E-state index is 11.5. The molecule has 0 saturated heterocycles. The topological polar surface area (TPSA) is 213 Å². The average Bonchev–Trinajstić information content (AvgIpc) is 1.55. The third-order valence-electron chi connectivity index (χ3n) is 12.2. The Morgan fingerprint density at radius 3 is 0.248 bits per heavy atom. The van der Waals surface area contributed by atoms with E-state index in [1.807, 2.05) is 137 Å². The van der Waals surface area contributed by atoms with Gasteiger partial charge in [0.2, 0.25) is 0 Å². The van der Waals surface area contributed by atoms with Crippen LogP contribution >= 0.6 is 49.5 Å². The molecule has 2 fully saturated rings. The van der Waals surface area contributed by atoms with Gasteiger partial charge in [-0.1, -0.05) is 218 Å². The molecular formula is C82H70Co3O18P6+6. The Balaban J connectivity index is 0.000000267. The van der Waals surface area contributed by atoms with Gasteiger partial charge < -0.3 is 0 Å². The van der Waals surface area contributed by atoms with Gasteiger partial charge in [-0.3, -0.25) is 0 Å². The maximum Gasteiger partial charge on any atom is 0.805 e. The largest absolute Gasteiger partial charge is 0.805 e. The van der Waals surface area contributed by atoms with E-state index in [0.29, 0.717) is 69.0 Å². The summed E-state index contributed by atoms with van der Waals surface area (Å²) in [5.74, 6) is 6.33. The van der Waals surface area contributed by atoms with Crippen molar-refractivity contribution < 1.29 is 132 Å². The molecule has 557 valence electrons. The fraction of sp³-hybridized carbons (Fsp3) is 0. The van der Waals surface area contributed by atoms with E-state index in [1.54, 1.807) is 291 Å². The Kier molecular flexibility index (Phi) is 49.1. The molecule has 0 heterocycles. The minimum absolute atomic E-state index is 0. The third kappa shape index (κ3) is 43.8. The molecule has 0 amide bonds. The Hall–Kier alpha value is -9.64. The Morgan fingerprint density at radius 1 is 0.119 bits per heavy atom. The SMILES string of the molecule is O=[P+](Oc1ccccc1)Oc1ccccc1.O=[P+](Oc1ccccc1)Oc1ccccc1.O=[P+](Oc1ccccc1)Oc1ccccc1.O=[P+](Oc1ccccc1)Oc1ccccc1.O=[P+](Oc1ccccc1)Oc1ccccc1.O=[P+](Oc1ccccc1)Oc1ccccc1.[CH]1[CH][CH][CH][CH]1.[CH]1[CH][CH][CH][CH]1.[Co].[Co].[Co]. The molecule has 12 aromatic carbocycles. The molecule has 12 aromatic rings. The molecule has 18 nitrogen and oxygen atoms in total. The van der Waals surface area contributed by atoms with Crippen molar-refractivity contribution in [3.05, 3.63) is 428 Å². The van der Waals surface area contributed by atoms with Crippen molar-refractivity contribution >= 4 is 49.5 Å². The monoisotopic (exact) mass is 1710 g/mol. The summed E-state index contributed by atoms with van der Waals surface area (Å²) in [4.78, 5) is 0. The zero-order chi connectivity index (χ0) is 74.4. The first-order valence-electron chi connectivity index (χ1n) is 32.0. The van der Waals surface area contributed by atoms with Crippen molar-refractivity contribution in [2.75, 3.05) is 0 Å². The van der Waals surface area contributed by atoms with Gasteiger partial charge in [0.1, 0.15) is 0 Å². The van der Waals surface area contributed by atoms with Crippen molar-refractivity contribution in [2.24, 2.45) is 0 Å². The molecule has 2 aliphatic rings. The number of hydrogen-bond donors (Lipinski definition) is 0. The van der Waals surface area contributed by atoms with Gasteiger partial charge in [0.05, 0.1) is 0 Å². The van der Waals surface area contributed by atoms with Gasteiger partial charge in [-0.25, -0.2) is 54.3 Å². The normalized spacial score (nSPS) is 10.6. The van der Waals surface area contributed by atoms with Crippen LogP contribution in [0.2, 0.25) is 0 Å². The van der Waals surface area contributed by atoms with Crippen LogP contribution < -0.4 is 54.3 Å². The van der Waals surface area contributed by atoms with Crippen LogP contribution in [0.4, 0.5) is 0 Å². The van der Waals surface area contributed by atoms with Crippen LogP contribution in [0, 0.1) is 64.2 Å². The van der Waals surface area contributed by atoms with Crippen LogP contribution in [0.25, 0.3) is 0 Å². The van der Waals surface area contributed by atoms with Crippen LogP contribution in [0.15, 0.2) is 364 Å². The summed E-state index contributed by atoms with van der Waals surface area (Å²) in [5, 5.41) is 0. The number of rotatable bonds is 24. The summed E-state index contributed by atoms with van der Waals surface area (Å²) >= 11 is 0. The second-order valence-corrected chi connectivity index (χ2v) is 25.0. The fourth-order valence-electron chi connectivity index (χ4n) is 7.56. The molecule has 0 aromatic heterocycles. The molecule has 0 aliphatic heterocycles. The van der Waals surface area contributed by atoms with Crippen LogP contribution in [-0.4, -0.2) is 0 Å². The van der Waals surface area contributed by atoms with Gasteiger partial charge >= 0.3 is 49.5 Å². The van der Waals surface area contributed by atoms with E-state index in [2.05, 4.69) is 0 Å². The minimum atomic E-state index is -2.18. The quantitative estimate of drug-likeness (QED) is 0.0514. The van der Waals surface area contributed by atoms with Gasteiger partial charge in [-0.2, -0.15) is 0 Å². The first kappa shape index (κ1) is 91.7. The van der Waals surface area contributed by atoms with Crippen molar-refractivity contribution in [3.8, 4) is 69.0 Å². The van der Waals surface area contributed by atoms with Gasteiger partial charge in [0, 0.05) is 77.7 Å². The molecule has 2 saturated carbocycles. The second kappa shape index (κ2) is 58.4. The minimum Gasteiger partial charge on any atom is -0.222 e. The van der Waals surface area contributed by atoms with E-state index in [9.17, 15) is 27.4 Å². The molecular weight excluding hydrogens is 1640 g/mol. The number of benzene rings is 12. The summed E-state index contributed by atoms with van der Waals surface area (Å²) in [6, 6.07) is 107. The van der Waals surface area contributed by atoms with E-state index >= 15 is 0 Å². The standard InChI is InChI=1S/6C12H10O3P.2C5H5.3Co/c6*13-16(14-11-7-3-1-4-8-11)15-12-9-5-2-6-10-12;2*1-2-4-5-3-1;;;/h6*1-10H;2*1-5H;;;/q6*+1;;;;;. The summed E-state index contributed by atoms with van der Waals surface area (Å²) in [6.45, 7) is 0. The maximum absolute atomic E-state index is 11.5. The Labute approximate surface area is 673 Å². The van der Waals surface area contributed by atoms with Gasteiger partial charge in [-0.15, -0.1) is 0 Å². The van der Waals surface area contributed by atoms with E-state index in [1.165, 1.54) is 0 Å². The van der Waals surface area contributed by atoms with Crippen LogP contribution in [-0.2, 0) is 77.7 Å². The smallest absolute Gasteiger partial charge is 0.222 e. The first-order chi connectivity index (χ1) is 52.1. The molecule has 0 N–H and O–H groups in total. The average molecular weight is 1710 g/mol.